The molecule has 126 valence electrons. The van der Waals surface area contributed by atoms with Crippen molar-refractivity contribution < 1.29 is 23.1 Å². The number of ketones is 1. The number of benzene rings is 1. The molecule has 24 heavy (non-hydrogen) atoms. The molecule has 0 unspecified atom stereocenters. The third kappa shape index (κ3) is 4.91. The molecule has 0 aliphatic heterocycles. The van der Waals surface area contributed by atoms with Gasteiger partial charge in [0.25, 0.3) is 0 Å². The molecule has 0 N–H and O–H groups in total. The summed E-state index contributed by atoms with van der Waals surface area (Å²) in [6.45, 7) is 1.74. The van der Waals surface area contributed by atoms with Gasteiger partial charge < -0.3 is 4.74 Å². The standard InChI is InChI=1S/C17H16F2N2O3/c1-2-24-17(23)16(22)9-14-8-13(20-10-21-14)6-4-11-3-5-12(18)7-15(11)19/h3,5,7-8,10H,2,4,6,9H2,1H3. The Balaban J connectivity index is 2.00. The first kappa shape index (κ1) is 17.7. The maximum absolute atomic E-state index is 13.6. The molecule has 7 heteroatoms. The molecule has 0 aliphatic carbocycles. The van der Waals surface area contributed by atoms with Gasteiger partial charge >= 0.3 is 5.97 Å². The number of carbonyl (C=O) groups is 2. The number of hydrogen-bond donors (Lipinski definition) is 0. The van der Waals surface area contributed by atoms with Gasteiger partial charge in [0, 0.05) is 11.8 Å². The summed E-state index contributed by atoms with van der Waals surface area (Å²) in [5.74, 6) is -2.82. The van der Waals surface area contributed by atoms with Crippen molar-refractivity contribution in [3.8, 4) is 0 Å². The first-order chi connectivity index (χ1) is 11.5. The molecule has 0 saturated carbocycles. The summed E-state index contributed by atoms with van der Waals surface area (Å²) in [6, 6.07) is 5.00. The van der Waals surface area contributed by atoms with Gasteiger partial charge in [0.2, 0.25) is 5.78 Å². The fraction of sp³-hybridized carbons (Fsp3) is 0.294. The van der Waals surface area contributed by atoms with Crippen molar-refractivity contribution in [3.63, 3.8) is 0 Å². The third-order valence-corrected chi connectivity index (χ3v) is 3.29. The van der Waals surface area contributed by atoms with E-state index in [9.17, 15) is 18.4 Å². The van der Waals surface area contributed by atoms with Crippen LogP contribution in [0.3, 0.4) is 0 Å². The predicted molar refractivity (Wildman–Crippen MR) is 81.1 cm³/mol. The molecular weight excluding hydrogens is 318 g/mol. The molecule has 1 heterocycles. The predicted octanol–water partition coefficient (Wildman–Crippen LogP) is 2.21. The van der Waals surface area contributed by atoms with E-state index in [1.165, 1.54) is 18.5 Å². The third-order valence-electron chi connectivity index (χ3n) is 3.29. The van der Waals surface area contributed by atoms with Crippen LogP contribution in [0.4, 0.5) is 8.78 Å². The highest BCUT2D eigenvalue weighted by Gasteiger charge is 2.16. The second-order valence-electron chi connectivity index (χ2n) is 5.06. The molecule has 1 aromatic carbocycles. The highest BCUT2D eigenvalue weighted by molar-refractivity contribution is 6.34. The van der Waals surface area contributed by atoms with Crippen LogP contribution in [0.5, 0.6) is 0 Å². The first-order valence-electron chi connectivity index (χ1n) is 7.43. The number of aryl methyl sites for hydroxylation is 2. The van der Waals surface area contributed by atoms with Crippen molar-refractivity contribution in [3.05, 3.63) is 59.2 Å². The number of hydrogen-bond acceptors (Lipinski definition) is 5. The van der Waals surface area contributed by atoms with Crippen molar-refractivity contribution in [2.75, 3.05) is 6.61 Å². The number of ether oxygens (including phenoxy) is 1. The van der Waals surface area contributed by atoms with Gasteiger partial charge in [0.1, 0.15) is 18.0 Å². The van der Waals surface area contributed by atoms with Gasteiger partial charge in [-0.3, -0.25) is 4.79 Å². The molecule has 0 bridgehead atoms. The number of carbonyl (C=O) groups excluding carboxylic acids is 2. The Morgan fingerprint density at radius 1 is 1.08 bits per heavy atom. The highest BCUT2D eigenvalue weighted by Crippen LogP contribution is 2.12. The Morgan fingerprint density at radius 2 is 1.83 bits per heavy atom. The van der Waals surface area contributed by atoms with Crippen LogP contribution in [0.1, 0.15) is 23.9 Å². The second kappa shape index (κ2) is 8.24. The van der Waals surface area contributed by atoms with Crippen LogP contribution in [-0.2, 0) is 33.6 Å². The van der Waals surface area contributed by atoms with Gasteiger partial charge in [-0.2, -0.15) is 0 Å². The van der Waals surface area contributed by atoms with Crippen LogP contribution in [0.15, 0.2) is 30.6 Å². The molecule has 2 rings (SSSR count). The van der Waals surface area contributed by atoms with Crippen molar-refractivity contribution in [2.24, 2.45) is 0 Å². The number of nitrogens with zero attached hydrogens (tertiary/aromatic N) is 2. The minimum absolute atomic E-state index is 0.128. The summed E-state index contributed by atoms with van der Waals surface area (Å²) in [5, 5.41) is 0. The first-order valence-corrected chi connectivity index (χ1v) is 7.43. The zero-order valence-electron chi connectivity index (χ0n) is 13.1. The lowest BCUT2D eigenvalue weighted by atomic mass is 10.1. The van der Waals surface area contributed by atoms with Gasteiger partial charge in [-0.05, 0) is 37.5 Å². The molecule has 0 radical (unpaired) electrons. The zero-order chi connectivity index (χ0) is 17.5. The minimum Gasteiger partial charge on any atom is -0.460 e. The Bertz CT molecular complexity index is 750. The lowest BCUT2D eigenvalue weighted by molar-refractivity contribution is -0.153. The molecule has 2 aromatic rings. The number of esters is 1. The minimum atomic E-state index is -0.897. The lowest BCUT2D eigenvalue weighted by Crippen LogP contribution is -2.20. The van der Waals surface area contributed by atoms with E-state index in [0.717, 1.165) is 6.07 Å². The molecule has 0 aliphatic rings. The molecule has 0 fully saturated rings. The smallest absolute Gasteiger partial charge is 0.375 e. The molecular formula is C17H16F2N2O3. The van der Waals surface area contributed by atoms with Gasteiger partial charge in [0.05, 0.1) is 18.7 Å². The molecule has 0 atom stereocenters. The summed E-state index contributed by atoms with van der Waals surface area (Å²) < 4.78 is 31.1. The average Bonchev–Trinajstić information content (AvgIpc) is 2.54. The maximum Gasteiger partial charge on any atom is 0.375 e. The van der Waals surface area contributed by atoms with E-state index in [4.69, 9.17) is 0 Å². The Kier molecular flexibility index (Phi) is 6.06. The monoisotopic (exact) mass is 334 g/mol. The van der Waals surface area contributed by atoms with Crippen LogP contribution in [0.2, 0.25) is 0 Å². The van der Waals surface area contributed by atoms with Gasteiger partial charge in [-0.25, -0.2) is 23.5 Å². The summed E-state index contributed by atoms with van der Waals surface area (Å²) in [6.07, 6.45) is 1.82. The quantitative estimate of drug-likeness (QED) is 0.574. The van der Waals surface area contributed by atoms with Crippen LogP contribution in [0.25, 0.3) is 0 Å². The van der Waals surface area contributed by atoms with E-state index < -0.39 is 23.4 Å². The normalized spacial score (nSPS) is 10.5. The highest BCUT2D eigenvalue weighted by atomic mass is 19.1. The molecule has 0 amide bonds. The lowest BCUT2D eigenvalue weighted by Gasteiger charge is -2.05. The summed E-state index contributed by atoms with van der Waals surface area (Å²) in [7, 11) is 0. The van der Waals surface area contributed by atoms with Gasteiger partial charge in [0.15, 0.2) is 0 Å². The molecule has 5 nitrogen and oxygen atoms in total. The SMILES string of the molecule is CCOC(=O)C(=O)Cc1cc(CCc2ccc(F)cc2F)ncn1. The Labute approximate surface area is 137 Å². The van der Waals surface area contributed by atoms with Gasteiger partial charge in [-0.15, -0.1) is 0 Å². The van der Waals surface area contributed by atoms with Gasteiger partial charge in [-0.1, -0.05) is 6.07 Å². The molecule has 0 saturated heterocycles. The Morgan fingerprint density at radius 3 is 2.54 bits per heavy atom. The molecule has 1 aromatic heterocycles. The number of Topliss-reactive ketones (excluding diaryl/α,β-unsaturated/α-hetero) is 1. The summed E-state index contributed by atoms with van der Waals surface area (Å²) in [4.78, 5) is 31.0. The van der Waals surface area contributed by atoms with Crippen molar-refractivity contribution >= 4 is 11.8 Å². The van der Waals surface area contributed by atoms with Crippen LogP contribution >= 0.6 is 0 Å². The average molecular weight is 334 g/mol. The number of rotatable bonds is 7. The summed E-state index contributed by atoms with van der Waals surface area (Å²) in [5.41, 5.74) is 1.36. The van der Waals surface area contributed by atoms with E-state index in [2.05, 4.69) is 14.7 Å². The van der Waals surface area contributed by atoms with Crippen LogP contribution in [0, 0.1) is 11.6 Å². The van der Waals surface area contributed by atoms with E-state index in [0.29, 0.717) is 29.8 Å². The Hall–Kier alpha value is -2.70. The van der Waals surface area contributed by atoms with E-state index in [-0.39, 0.29) is 13.0 Å². The maximum atomic E-state index is 13.6. The number of aromatic nitrogens is 2. The zero-order valence-corrected chi connectivity index (χ0v) is 13.1. The van der Waals surface area contributed by atoms with E-state index in [1.807, 2.05) is 0 Å². The molecule has 0 spiro atoms. The largest absolute Gasteiger partial charge is 0.460 e. The van der Waals surface area contributed by atoms with Crippen LogP contribution < -0.4 is 0 Å². The van der Waals surface area contributed by atoms with E-state index in [1.54, 1.807) is 13.0 Å². The van der Waals surface area contributed by atoms with Crippen molar-refractivity contribution in [1.82, 2.24) is 9.97 Å². The van der Waals surface area contributed by atoms with Crippen LogP contribution in [-0.4, -0.2) is 28.3 Å². The van der Waals surface area contributed by atoms with Crippen molar-refractivity contribution in [2.45, 2.75) is 26.2 Å². The fourth-order valence-electron chi connectivity index (χ4n) is 2.11. The fourth-order valence-corrected chi connectivity index (χ4v) is 2.11. The van der Waals surface area contributed by atoms with Crippen molar-refractivity contribution in [1.29, 1.82) is 0 Å². The van der Waals surface area contributed by atoms with E-state index >= 15 is 0 Å². The second-order valence-corrected chi connectivity index (χ2v) is 5.06. The topological polar surface area (TPSA) is 69.2 Å². The number of halogens is 2. The summed E-state index contributed by atoms with van der Waals surface area (Å²) >= 11 is 0.